The highest BCUT2D eigenvalue weighted by molar-refractivity contribution is 6.06. The maximum atomic E-state index is 13.7. The molecule has 0 aliphatic rings. The predicted octanol–water partition coefficient (Wildman–Crippen LogP) is 5.78. The number of nitrogens with zero attached hydrogens (tertiary/aromatic N) is 4. The third-order valence-corrected chi connectivity index (χ3v) is 5.81. The van der Waals surface area contributed by atoms with Crippen molar-refractivity contribution in [3.63, 3.8) is 0 Å². The number of hydrogen-bond donors (Lipinski definition) is 2. The molecule has 5 aromatic rings. The summed E-state index contributed by atoms with van der Waals surface area (Å²) in [5.41, 5.74) is 1.07. The number of amides is 1. The molecule has 1 atom stereocenters. The Morgan fingerprint density at radius 3 is 2.41 bits per heavy atom. The lowest BCUT2D eigenvalue weighted by Gasteiger charge is -2.14. The van der Waals surface area contributed by atoms with Crippen LogP contribution in [0.2, 0.25) is 0 Å². The number of carbonyl (C=O) groups is 1. The minimum atomic E-state index is -4.66. The summed E-state index contributed by atoms with van der Waals surface area (Å²) in [6.07, 6.45) is -1.04. The van der Waals surface area contributed by atoms with Gasteiger partial charge in [0.25, 0.3) is 5.91 Å². The fourth-order valence-electron chi connectivity index (χ4n) is 3.97. The molecule has 0 bridgehead atoms. The van der Waals surface area contributed by atoms with Gasteiger partial charge in [-0.2, -0.15) is 13.2 Å². The number of carbonyl (C=O) groups excluding carboxylic acids is 1. The maximum Gasteiger partial charge on any atom is 0.417 e. The molecule has 1 amide bonds. The van der Waals surface area contributed by atoms with Crippen LogP contribution in [0.3, 0.4) is 0 Å². The fourth-order valence-corrected chi connectivity index (χ4v) is 3.97. The molecular formula is C27H20F3N5O2. The van der Waals surface area contributed by atoms with Crippen LogP contribution < -0.4 is 5.32 Å². The Morgan fingerprint density at radius 2 is 1.73 bits per heavy atom. The Morgan fingerprint density at radius 1 is 1.00 bits per heavy atom. The molecule has 0 unspecified atom stereocenters. The van der Waals surface area contributed by atoms with E-state index in [1.165, 1.54) is 18.5 Å². The molecule has 0 saturated heterocycles. The highest BCUT2D eigenvalue weighted by Crippen LogP contribution is 2.37. The molecule has 0 saturated carbocycles. The van der Waals surface area contributed by atoms with Gasteiger partial charge in [0.15, 0.2) is 5.82 Å². The number of alkyl halides is 3. The van der Waals surface area contributed by atoms with E-state index in [-0.39, 0.29) is 17.0 Å². The molecule has 2 aromatic carbocycles. The lowest BCUT2D eigenvalue weighted by atomic mass is 10.0. The number of pyridine rings is 1. The Bertz CT molecular complexity index is 1580. The smallest absolute Gasteiger partial charge is 0.389 e. The average Bonchev–Trinajstić information content (AvgIpc) is 3.26. The van der Waals surface area contributed by atoms with Crippen LogP contribution in [0.15, 0.2) is 85.3 Å². The van der Waals surface area contributed by atoms with E-state index >= 15 is 0 Å². The van der Waals surface area contributed by atoms with Crippen molar-refractivity contribution >= 4 is 17.4 Å². The zero-order valence-electron chi connectivity index (χ0n) is 19.4. The minimum absolute atomic E-state index is 0.00925. The SMILES string of the molecule is C[C@H](O)c1ccn2c(NC(=O)c3ccc(C(F)(F)F)c(-c4ncccn4)c3)c(-c3ccccc3)nc2c1. The zero-order valence-corrected chi connectivity index (χ0v) is 19.4. The Balaban J connectivity index is 1.60. The number of benzene rings is 2. The van der Waals surface area contributed by atoms with Crippen molar-refractivity contribution in [1.82, 2.24) is 19.4 Å². The molecule has 7 nitrogen and oxygen atoms in total. The van der Waals surface area contributed by atoms with Gasteiger partial charge in [0.2, 0.25) is 0 Å². The summed E-state index contributed by atoms with van der Waals surface area (Å²) in [5.74, 6) is -0.444. The normalized spacial score (nSPS) is 12.5. The molecule has 0 aliphatic carbocycles. The minimum Gasteiger partial charge on any atom is -0.389 e. The van der Waals surface area contributed by atoms with Crippen LogP contribution in [0.1, 0.15) is 34.5 Å². The van der Waals surface area contributed by atoms with Gasteiger partial charge in [0, 0.05) is 35.3 Å². The number of rotatable bonds is 5. The van der Waals surface area contributed by atoms with Crippen molar-refractivity contribution in [3.05, 3.63) is 102 Å². The number of anilines is 1. The first kappa shape index (κ1) is 24.1. The molecular weight excluding hydrogens is 483 g/mol. The molecule has 0 spiro atoms. The second kappa shape index (κ2) is 9.47. The number of aromatic nitrogens is 4. The highest BCUT2D eigenvalue weighted by atomic mass is 19.4. The van der Waals surface area contributed by atoms with Gasteiger partial charge in [0.1, 0.15) is 17.2 Å². The van der Waals surface area contributed by atoms with Crippen LogP contribution in [-0.4, -0.2) is 30.4 Å². The van der Waals surface area contributed by atoms with Gasteiger partial charge in [-0.1, -0.05) is 30.3 Å². The Hall–Kier alpha value is -4.57. The molecule has 3 heterocycles. The number of fused-ring (bicyclic) bond motifs is 1. The quantitative estimate of drug-likeness (QED) is 0.317. The topological polar surface area (TPSA) is 92.4 Å². The first-order valence-electron chi connectivity index (χ1n) is 11.3. The van der Waals surface area contributed by atoms with Gasteiger partial charge in [-0.3, -0.25) is 9.20 Å². The van der Waals surface area contributed by atoms with E-state index in [1.807, 2.05) is 30.3 Å². The Kier molecular flexibility index (Phi) is 6.18. The molecule has 10 heteroatoms. The predicted molar refractivity (Wildman–Crippen MR) is 132 cm³/mol. The van der Waals surface area contributed by atoms with Gasteiger partial charge in [0.05, 0.1) is 11.7 Å². The van der Waals surface area contributed by atoms with Gasteiger partial charge in [-0.15, -0.1) is 0 Å². The molecule has 0 aliphatic heterocycles. The standard InChI is InChI=1S/C27H20F3N5O2/c1-16(36)18-10-13-35-22(15-18)33-23(17-6-3-2-4-7-17)25(35)34-26(37)19-8-9-21(27(28,29)30)20(14-19)24-31-11-5-12-32-24/h2-16,36H,1H3,(H,34,37)/t16-/m0/s1. The molecule has 0 fully saturated rings. The van der Waals surface area contributed by atoms with Crippen LogP contribution in [0, 0.1) is 0 Å². The first-order valence-corrected chi connectivity index (χ1v) is 11.3. The Labute approximate surface area is 209 Å². The zero-order chi connectivity index (χ0) is 26.2. The lowest BCUT2D eigenvalue weighted by molar-refractivity contribution is -0.137. The molecule has 3 aromatic heterocycles. The van der Waals surface area contributed by atoms with Crippen LogP contribution in [0.4, 0.5) is 19.0 Å². The molecule has 2 N–H and O–H groups in total. The van der Waals surface area contributed by atoms with Gasteiger partial charge < -0.3 is 10.4 Å². The van der Waals surface area contributed by atoms with Gasteiger partial charge in [-0.05, 0) is 48.9 Å². The van der Waals surface area contributed by atoms with Gasteiger partial charge >= 0.3 is 6.18 Å². The van der Waals surface area contributed by atoms with Crippen molar-refractivity contribution in [1.29, 1.82) is 0 Å². The van der Waals surface area contributed by atoms with Crippen LogP contribution in [0.5, 0.6) is 0 Å². The van der Waals surface area contributed by atoms with E-state index in [0.717, 1.165) is 23.8 Å². The molecule has 186 valence electrons. The number of aliphatic hydroxyl groups excluding tert-OH is 1. The van der Waals surface area contributed by atoms with Crippen molar-refractivity contribution < 1.29 is 23.1 Å². The van der Waals surface area contributed by atoms with Crippen molar-refractivity contribution in [2.75, 3.05) is 5.32 Å². The average molecular weight is 503 g/mol. The number of imidazole rings is 1. The third-order valence-electron chi connectivity index (χ3n) is 5.81. The summed E-state index contributed by atoms with van der Waals surface area (Å²) in [7, 11) is 0. The fraction of sp³-hybridized carbons (Fsp3) is 0.111. The second-order valence-electron chi connectivity index (χ2n) is 8.32. The van der Waals surface area contributed by atoms with Crippen LogP contribution >= 0.6 is 0 Å². The summed E-state index contributed by atoms with van der Waals surface area (Å²) in [4.78, 5) is 25.9. The van der Waals surface area contributed by atoms with Crippen molar-refractivity contribution in [2.24, 2.45) is 0 Å². The van der Waals surface area contributed by atoms with E-state index < -0.39 is 23.8 Å². The second-order valence-corrected chi connectivity index (χ2v) is 8.32. The van der Waals surface area contributed by atoms with Crippen LogP contribution in [-0.2, 0) is 6.18 Å². The number of hydrogen-bond acceptors (Lipinski definition) is 5. The molecule has 5 rings (SSSR count). The number of aliphatic hydroxyl groups is 1. The summed E-state index contributed by atoms with van der Waals surface area (Å²) >= 11 is 0. The number of halogens is 3. The summed E-state index contributed by atoms with van der Waals surface area (Å²) in [6, 6.07) is 17.1. The van der Waals surface area contributed by atoms with Crippen molar-refractivity contribution in [3.8, 4) is 22.6 Å². The van der Waals surface area contributed by atoms with Gasteiger partial charge in [-0.25, -0.2) is 15.0 Å². The summed E-state index contributed by atoms with van der Waals surface area (Å²) in [5, 5.41) is 12.8. The van der Waals surface area contributed by atoms with E-state index in [4.69, 9.17) is 0 Å². The lowest BCUT2D eigenvalue weighted by Crippen LogP contribution is -2.16. The van der Waals surface area contributed by atoms with E-state index in [2.05, 4.69) is 20.3 Å². The van der Waals surface area contributed by atoms with E-state index in [9.17, 15) is 23.1 Å². The summed E-state index contributed by atoms with van der Waals surface area (Å²) < 4.78 is 42.7. The van der Waals surface area contributed by atoms with E-state index in [1.54, 1.807) is 29.7 Å². The molecule has 37 heavy (non-hydrogen) atoms. The van der Waals surface area contributed by atoms with Crippen LogP contribution in [0.25, 0.3) is 28.3 Å². The highest BCUT2D eigenvalue weighted by Gasteiger charge is 2.35. The third kappa shape index (κ3) is 4.78. The maximum absolute atomic E-state index is 13.7. The number of nitrogens with one attached hydrogen (secondary N) is 1. The first-order chi connectivity index (χ1) is 17.7. The van der Waals surface area contributed by atoms with E-state index in [0.29, 0.717) is 22.7 Å². The monoisotopic (exact) mass is 503 g/mol. The largest absolute Gasteiger partial charge is 0.417 e. The van der Waals surface area contributed by atoms with Crippen molar-refractivity contribution in [2.45, 2.75) is 19.2 Å². The molecule has 0 radical (unpaired) electrons. The summed E-state index contributed by atoms with van der Waals surface area (Å²) in [6.45, 7) is 1.63.